The van der Waals surface area contributed by atoms with Gasteiger partial charge in [0.2, 0.25) is 0 Å². The van der Waals surface area contributed by atoms with Crippen molar-refractivity contribution in [3.05, 3.63) is 104 Å². The van der Waals surface area contributed by atoms with Crippen molar-refractivity contribution in [1.82, 2.24) is 29.7 Å². The van der Waals surface area contributed by atoms with E-state index in [0.29, 0.717) is 0 Å². The Morgan fingerprint density at radius 2 is 1.20 bits per heavy atom. The van der Waals surface area contributed by atoms with E-state index in [2.05, 4.69) is 57.9 Å². The third-order valence-corrected chi connectivity index (χ3v) is 9.35. The van der Waals surface area contributed by atoms with Crippen LogP contribution in [0.3, 0.4) is 0 Å². The van der Waals surface area contributed by atoms with Crippen molar-refractivity contribution in [2.75, 3.05) is 41.3 Å². The monoisotopic (exact) mass is 628 g/mol. The van der Waals surface area contributed by atoms with Crippen molar-refractivity contribution in [3.8, 4) is 0 Å². The number of hydrogen-bond donors (Lipinski definition) is 2. The van der Waals surface area contributed by atoms with E-state index in [1.807, 2.05) is 48.8 Å². The van der Waals surface area contributed by atoms with Gasteiger partial charge in [-0.3, -0.25) is 9.97 Å². The van der Waals surface area contributed by atoms with Crippen LogP contribution >= 0.6 is 22.7 Å². The molecule has 9 nitrogen and oxygen atoms in total. The van der Waals surface area contributed by atoms with E-state index in [4.69, 9.17) is 9.47 Å². The summed E-state index contributed by atoms with van der Waals surface area (Å²) in [7, 11) is 8.25. The molecule has 0 spiro atoms. The van der Waals surface area contributed by atoms with Crippen molar-refractivity contribution in [3.63, 3.8) is 0 Å². The summed E-state index contributed by atoms with van der Waals surface area (Å²) in [6.45, 7) is 1.79. The predicted octanol–water partition coefficient (Wildman–Crippen LogP) is 6.80. The molecular weight excluding hydrogens is 593 g/mol. The molecule has 11 heteroatoms. The van der Waals surface area contributed by atoms with Crippen LogP contribution in [0.4, 0.5) is 4.79 Å². The highest BCUT2D eigenvalue weighted by Crippen LogP contribution is 2.39. The van der Waals surface area contributed by atoms with Crippen molar-refractivity contribution >= 4 is 50.6 Å². The zero-order valence-corrected chi connectivity index (χ0v) is 26.9. The number of rotatable bonds is 12. The Bertz CT molecular complexity index is 1690. The van der Waals surface area contributed by atoms with Crippen LogP contribution in [0.5, 0.6) is 0 Å². The maximum absolute atomic E-state index is 13.8. The van der Waals surface area contributed by atoms with Gasteiger partial charge in [-0.25, -0.2) is 4.79 Å². The van der Waals surface area contributed by atoms with Gasteiger partial charge < -0.3 is 29.2 Å². The van der Waals surface area contributed by atoms with Gasteiger partial charge in [0, 0.05) is 70.8 Å². The first kappa shape index (κ1) is 30.0. The summed E-state index contributed by atoms with van der Waals surface area (Å²) in [6.07, 6.45) is 7.18. The van der Waals surface area contributed by atoms with Gasteiger partial charge in [-0.15, -0.1) is 22.7 Å². The predicted molar refractivity (Wildman–Crippen MR) is 177 cm³/mol. The lowest BCUT2D eigenvalue weighted by Crippen LogP contribution is -2.18. The molecule has 0 aliphatic rings. The van der Waals surface area contributed by atoms with Gasteiger partial charge in [0.15, 0.2) is 12.2 Å². The second-order valence-corrected chi connectivity index (χ2v) is 13.2. The maximum atomic E-state index is 13.8. The van der Waals surface area contributed by atoms with Gasteiger partial charge in [0.25, 0.3) is 0 Å². The molecule has 0 saturated heterocycles. The average molecular weight is 629 g/mol. The van der Waals surface area contributed by atoms with E-state index in [1.165, 1.54) is 33.8 Å². The molecule has 2 atom stereocenters. The number of ether oxygens (including phenoxy) is 2. The molecule has 6 rings (SSSR count). The Labute approximate surface area is 264 Å². The summed E-state index contributed by atoms with van der Waals surface area (Å²) in [5, 5.41) is 2.12. The molecule has 0 fully saturated rings. The number of carbonyl (C=O) groups is 1. The molecule has 4 heterocycles. The molecule has 2 N–H and O–H groups in total. The van der Waals surface area contributed by atoms with Gasteiger partial charge in [-0.2, -0.15) is 0 Å². The van der Waals surface area contributed by atoms with Gasteiger partial charge in [-0.1, -0.05) is 24.3 Å². The Hall–Kier alpha value is -4.03. The number of thiazole rings is 2. The number of aromatic amines is 2. The van der Waals surface area contributed by atoms with Crippen molar-refractivity contribution < 1.29 is 14.3 Å². The number of likely N-dealkylation sites (N-methyl/N-ethyl adjacent to an activating group) is 2. The number of carbonyl (C=O) groups excluding carboxylic acids is 1. The van der Waals surface area contributed by atoms with Crippen LogP contribution in [0, 0.1) is 0 Å². The lowest BCUT2D eigenvalue weighted by atomic mass is 9.99. The van der Waals surface area contributed by atoms with Crippen LogP contribution in [-0.4, -0.2) is 77.2 Å². The quantitative estimate of drug-likeness (QED) is 0.144. The Morgan fingerprint density at radius 1 is 0.750 bits per heavy atom. The van der Waals surface area contributed by atoms with Crippen LogP contribution in [0.25, 0.3) is 21.8 Å². The fourth-order valence-corrected chi connectivity index (χ4v) is 6.90. The molecule has 0 bridgehead atoms. The number of nitrogens with one attached hydrogen (secondary N) is 2. The number of hydrogen-bond acceptors (Lipinski definition) is 9. The average Bonchev–Trinajstić information content (AvgIpc) is 3.83. The van der Waals surface area contributed by atoms with E-state index in [-0.39, 0.29) is 0 Å². The van der Waals surface area contributed by atoms with Gasteiger partial charge in [-0.05, 0) is 64.3 Å². The molecule has 0 aliphatic carbocycles. The van der Waals surface area contributed by atoms with E-state index < -0.39 is 18.4 Å². The molecule has 0 radical (unpaired) electrons. The summed E-state index contributed by atoms with van der Waals surface area (Å²) in [5.74, 6) is 0. The molecule has 2 aromatic carbocycles. The van der Waals surface area contributed by atoms with Gasteiger partial charge in [0.05, 0.1) is 20.8 Å². The van der Waals surface area contributed by atoms with Crippen molar-refractivity contribution in [2.45, 2.75) is 25.0 Å². The highest BCUT2D eigenvalue weighted by atomic mass is 32.1. The van der Waals surface area contributed by atoms with Crippen LogP contribution < -0.4 is 0 Å². The van der Waals surface area contributed by atoms with Crippen molar-refractivity contribution in [1.29, 1.82) is 0 Å². The standard InChI is InChI=1S/C33H36N6O3S2/c1-38(2)13-11-21-15-36-25-9-5-7-23(29(21)25)31(27-17-34-19-43-27)41-33(40)42-32(28-18-35-20-44-28)24-8-6-10-26-30(24)22(16-37-26)12-14-39(3)4/h5-10,15-20,31-32,36-37H,11-14H2,1-4H3. The Balaban J connectivity index is 1.35. The second-order valence-electron chi connectivity index (χ2n) is 11.3. The highest BCUT2D eigenvalue weighted by Gasteiger charge is 2.29. The lowest BCUT2D eigenvalue weighted by molar-refractivity contribution is 0.0188. The molecule has 6 aromatic rings. The third kappa shape index (κ3) is 6.41. The molecule has 0 aliphatic heterocycles. The van der Waals surface area contributed by atoms with E-state index in [1.54, 1.807) is 23.4 Å². The zero-order chi connectivity index (χ0) is 30.6. The van der Waals surface area contributed by atoms with Crippen LogP contribution in [0.1, 0.15) is 44.2 Å². The molecule has 0 saturated carbocycles. The Morgan fingerprint density at radius 3 is 1.59 bits per heavy atom. The van der Waals surface area contributed by atoms with Crippen molar-refractivity contribution in [2.24, 2.45) is 0 Å². The summed E-state index contributed by atoms with van der Waals surface area (Å²) in [4.78, 5) is 35.2. The SMILES string of the molecule is CN(C)CCc1c[nH]c2cccc(C(OC(=O)OC(c3cncs3)c3cccc4[nH]cc(CCN(C)C)c34)c3cncs3)c12. The summed E-state index contributed by atoms with van der Waals surface area (Å²) in [6, 6.07) is 12.1. The minimum Gasteiger partial charge on any atom is -0.420 e. The van der Waals surface area contributed by atoms with Gasteiger partial charge in [0.1, 0.15) is 0 Å². The molecule has 228 valence electrons. The zero-order valence-electron chi connectivity index (χ0n) is 25.2. The summed E-state index contributed by atoms with van der Waals surface area (Å²) >= 11 is 2.90. The fraction of sp³-hybridized carbons (Fsp3) is 0.303. The Kier molecular flexibility index (Phi) is 9.08. The number of fused-ring (bicyclic) bond motifs is 2. The maximum Gasteiger partial charge on any atom is 0.510 e. The normalized spacial score (nSPS) is 13.2. The van der Waals surface area contributed by atoms with Gasteiger partial charge >= 0.3 is 6.16 Å². The first-order chi connectivity index (χ1) is 21.4. The largest absolute Gasteiger partial charge is 0.510 e. The smallest absolute Gasteiger partial charge is 0.420 e. The molecule has 2 unspecified atom stereocenters. The van der Waals surface area contributed by atoms with Crippen LogP contribution in [0.2, 0.25) is 0 Å². The summed E-state index contributed by atoms with van der Waals surface area (Å²) in [5.41, 5.74) is 9.63. The minimum atomic E-state index is -0.758. The number of H-pyrrole nitrogens is 2. The first-order valence-corrected chi connectivity index (χ1v) is 16.3. The number of benzene rings is 2. The van der Waals surface area contributed by atoms with Crippen LogP contribution in [0.15, 0.2) is 72.2 Å². The highest BCUT2D eigenvalue weighted by molar-refractivity contribution is 7.10. The molecular formula is C33H36N6O3S2. The summed E-state index contributed by atoms with van der Waals surface area (Å²) < 4.78 is 12.5. The molecule has 0 amide bonds. The van der Waals surface area contributed by atoms with E-state index in [0.717, 1.165) is 68.6 Å². The minimum absolute atomic E-state index is 0.687. The number of nitrogens with zero attached hydrogens (tertiary/aromatic N) is 4. The molecule has 4 aromatic heterocycles. The van der Waals surface area contributed by atoms with E-state index in [9.17, 15) is 4.79 Å². The first-order valence-electron chi connectivity index (χ1n) is 14.5. The molecule has 44 heavy (non-hydrogen) atoms. The second kappa shape index (κ2) is 13.3. The van der Waals surface area contributed by atoms with E-state index >= 15 is 0 Å². The van der Waals surface area contributed by atoms with Crippen LogP contribution in [-0.2, 0) is 22.3 Å². The number of aromatic nitrogens is 4. The topological polar surface area (TPSA) is 99.4 Å². The lowest BCUT2D eigenvalue weighted by Gasteiger charge is -2.22. The third-order valence-electron chi connectivity index (χ3n) is 7.71. The fourth-order valence-electron chi connectivity index (χ4n) is 5.57.